The molecule has 1 amide bonds. The number of halogens is 1. The van der Waals surface area contributed by atoms with Gasteiger partial charge >= 0.3 is 0 Å². The van der Waals surface area contributed by atoms with Crippen LogP contribution in [0.25, 0.3) is 0 Å². The number of carbonyl (C=O) groups excluding carboxylic acids is 1. The molecule has 0 aromatic heterocycles. The molecule has 2 heterocycles. The van der Waals surface area contributed by atoms with Gasteiger partial charge in [-0.2, -0.15) is 0 Å². The van der Waals surface area contributed by atoms with Crippen molar-refractivity contribution in [1.82, 2.24) is 4.90 Å². The first-order valence-corrected chi connectivity index (χ1v) is 5.86. The number of amides is 1. The van der Waals surface area contributed by atoms with Crippen LogP contribution < -0.4 is 0 Å². The lowest BCUT2D eigenvalue weighted by atomic mass is 9.99. The number of rotatable bonds is 2. The molecule has 2 rings (SSSR count). The second kappa shape index (κ2) is 3.96. The highest BCUT2D eigenvalue weighted by Crippen LogP contribution is 2.23. The van der Waals surface area contributed by atoms with Gasteiger partial charge in [-0.1, -0.05) is 15.9 Å². The van der Waals surface area contributed by atoms with E-state index < -0.39 is 0 Å². The molecule has 2 aliphatic heterocycles. The number of carbonyl (C=O) groups is 1. The monoisotopic (exact) mass is 247 g/mol. The predicted octanol–water partition coefficient (Wildman–Crippen LogP) is 0.876. The lowest BCUT2D eigenvalue weighted by Crippen LogP contribution is -2.52. The Morgan fingerprint density at radius 2 is 2.31 bits per heavy atom. The van der Waals surface area contributed by atoms with Gasteiger partial charge in [-0.25, -0.2) is 0 Å². The van der Waals surface area contributed by atoms with Crippen LogP contribution in [0, 0.1) is 11.8 Å². The van der Waals surface area contributed by atoms with E-state index in [9.17, 15) is 4.79 Å². The average molecular weight is 248 g/mol. The molecule has 0 spiro atoms. The Labute approximate surface area is 86.5 Å². The third-order valence-electron chi connectivity index (χ3n) is 2.77. The van der Waals surface area contributed by atoms with Crippen molar-refractivity contribution in [3.8, 4) is 0 Å². The zero-order valence-corrected chi connectivity index (χ0v) is 9.13. The van der Waals surface area contributed by atoms with Crippen LogP contribution in [-0.2, 0) is 9.53 Å². The van der Waals surface area contributed by atoms with E-state index in [1.165, 1.54) is 0 Å². The van der Waals surface area contributed by atoms with Crippen molar-refractivity contribution in [2.45, 2.75) is 6.42 Å². The Bertz CT molecular complexity index is 198. The maximum Gasteiger partial charge on any atom is 0.228 e. The van der Waals surface area contributed by atoms with Crippen LogP contribution in [0.5, 0.6) is 0 Å². The molecule has 0 saturated carbocycles. The standard InChI is InChI=1S/C9H14BrNO2/c10-3-7-4-11(5-7)9(12)8-1-2-13-6-8/h7-8H,1-6H2. The molecule has 0 aromatic carbocycles. The smallest absolute Gasteiger partial charge is 0.228 e. The SMILES string of the molecule is O=C(C1CCOC1)N1CC(CBr)C1. The van der Waals surface area contributed by atoms with Crippen LogP contribution >= 0.6 is 15.9 Å². The topological polar surface area (TPSA) is 29.5 Å². The van der Waals surface area contributed by atoms with Crippen LogP contribution in [0.2, 0.25) is 0 Å². The fraction of sp³-hybridized carbons (Fsp3) is 0.889. The van der Waals surface area contributed by atoms with E-state index in [1.54, 1.807) is 0 Å². The molecule has 2 aliphatic rings. The zero-order chi connectivity index (χ0) is 9.26. The van der Waals surface area contributed by atoms with Gasteiger partial charge in [-0.15, -0.1) is 0 Å². The molecule has 1 unspecified atom stereocenters. The molecule has 2 fully saturated rings. The maximum atomic E-state index is 11.7. The molecule has 0 aliphatic carbocycles. The highest BCUT2D eigenvalue weighted by molar-refractivity contribution is 9.09. The molecule has 13 heavy (non-hydrogen) atoms. The Hall–Kier alpha value is -0.0900. The van der Waals surface area contributed by atoms with E-state index in [-0.39, 0.29) is 5.92 Å². The molecule has 0 aromatic rings. The number of ether oxygens (including phenoxy) is 1. The van der Waals surface area contributed by atoms with Crippen molar-refractivity contribution in [3.63, 3.8) is 0 Å². The van der Waals surface area contributed by atoms with E-state index in [4.69, 9.17) is 4.74 Å². The van der Waals surface area contributed by atoms with Crippen LogP contribution in [0.4, 0.5) is 0 Å². The Morgan fingerprint density at radius 1 is 1.54 bits per heavy atom. The lowest BCUT2D eigenvalue weighted by molar-refractivity contribution is -0.141. The van der Waals surface area contributed by atoms with E-state index in [0.29, 0.717) is 18.4 Å². The summed E-state index contributed by atoms with van der Waals surface area (Å²) in [6, 6.07) is 0. The summed E-state index contributed by atoms with van der Waals surface area (Å²) < 4.78 is 5.19. The highest BCUT2D eigenvalue weighted by Gasteiger charge is 2.35. The van der Waals surface area contributed by atoms with Crippen molar-refractivity contribution in [1.29, 1.82) is 0 Å². The molecule has 0 bridgehead atoms. The second-order valence-electron chi connectivity index (χ2n) is 3.82. The van der Waals surface area contributed by atoms with Crippen molar-refractivity contribution >= 4 is 21.8 Å². The summed E-state index contributed by atoms with van der Waals surface area (Å²) in [6.07, 6.45) is 0.911. The van der Waals surface area contributed by atoms with E-state index >= 15 is 0 Å². The van der Waals surface area contributed by atoms with E-state index in [1.807, 2.05) is 4.90 Å². The molecule has 74 valence electrons. The largest absolute Gasteiger partial charge is 0.381 e. The van der Waals surface area contributed by atoms with Crippen molar-refractivity contribution in [3.05, 3.63) is 0 Å². The molecular weight excluding hydrogens is 234 g/mol. The van der Waals surface area contributed by atoms with Gasteiger partial charge in [-0.3, -0.25) is 4.79 Å². The molecule has 0 N–H and O–H groups in total. The fourth-order valence-electron chi connectivity index (χ4n) is 1.83. The minimum absolute atomic E-state index is 0.149. The minimum atomic E-state index is 0.149. The summed E-state index contributed by atoms with van der Waals surface area (Å²) in [5, 5.41) is 1.01. The number of alkyl halides is 1. The van der Waals surface area contributed by atoms with Gasteiger partial charge in [0.25, 0.3) is 0 Å². The maximum absolute atomic E-state index is 11.7. The predicted molar refractivity (Wildman–Crippen MR) is 52.8 cm³/mol. The van der Waals surface area contributed by atoms with Gasteiger partial charge < -0.3 is 9.64 Å². The fourth-order valence-corrected chi connectivity index (χ4v) is 2.24. The number of hydrogen-bond acceptors (Lipinski definition) is 2. The molecule has 1 atom stereocenters. The van der Waals surface area contributed by atoms with Crippen molar-refractivity contribution < 1.29 is 9.53 Å². The summed E-state index contributed by atoms with van der Waals surface area (Å²) in [5.74, 6) is 1.12. The minimum Gasteiger partial charge on any atom is -0.381 e. The molecule has 4 heteroatoms. The summed E-state index contributed by atoms with van der Waals surface area (Å²) in [6.45, 7) is 3.25. The first kappa shape index (κ1) is 9.46. The first-order valence-electron chi connectivity index (χ1n) is 4.73. The summed E-state index contributed by atoms with van der Waals surface area (Å²) >= 11 is 3.42. The van der Waals surface area contributed by atoms with Gasteiger partial charge in [-0.05, 0) is 6.42 Å². The van der Waals surface area contributed by atoms with Gasteiger partial charge in [0, 0.05) is 30.9 Å². The lowest BCUT2D eigenvalue weighted by Gasteiger charge is -2.39. The highest BCUT2D eigenvalue weighted by atomic mass is 79.9. The Kier molecular flexibility index (Phi) is 2.89. The number of hydrogen-bond donors (Lipinski definition) is 0. The second-order valence-corrected chi connectivity index (χ2v) is 4.47. The Morgan fingerprint density at radius 3 is 2.85 bits per heavy atom. The normalized spacial score (nSPS) is 29.0. The van der Waals surface area contributed by atoms with Crippen LogP contribution in [-0.4, -0.2) is 42.4 Å². The third-order valence-corrected chi connectivity index (χ3v) is 3.68. The zero-order valence-electron chi connectivity index (χ0n) is 7.54. The van der Waals surface area contributed by atoms with E-state index in [2.05, 4.69) is 15.9 Å². The number of likely N-dealkylation sites (tertiary alicyclic amines) is 1. The average Bonchev–Trinajstić information content (AvgIpc) is 2.53. The molecule has 0 radical (unpaired) electrons. The van der Waals surface area contributed by atoms with Crippen LogP contribution in [0.3, 0.4) is 0 Å². The third kappa shape index (κ3) is 1.89. The van der Waals surface area contributed by atoms with Crippen molar-refractivity contribution in [2.75, 3.05) is 31.6 Å². The van der Waals surface area contributed by atoms with Gasteiger partial charge in [0.15, 0.2) is 0 Å². The van der Waals surface area contributed by atoms with Crippen molar-refractivity contribution in [2.24, 2.45) is 11.8 Å². The summed E-state index contributed by atoms with van der Waals surface area (Å²) in [5.41, 5.74) is 0. The molecular formula is C9H14BrNO2. The quantitative estimate of drug-likeness (QED) is 0.679. The molecule has 3 nitrogen and oxygen atoms in total. The van der Waals surface area contributed by atoms with Gasteiger partial charge in [0.2, 0.25) is 5.91 Å². The van der Waals surface area contributed by atoms with Crippen LogP contribution in [0.1, 0.15) is 6.42 Å². The summed E-state index contributed by atoms with van der Waals surface area (Å²) in [4.78, 5) is 13.7. The molecule has 2 saturated heterocycles. The van der Waals surface area contributed by atoms with Crippen LogP contribution in [0.15, 0.2) is 0 Å². The van der Waals surface area contributed by atoms with Gasteiger partial charge in [0.05, 0.1) is 12.5 Å². The first-order chi connectivity index (χ1) is 6.31. The Balaban J connectivity index is 1.78. The van der Waals surface area contributed by atoms with E-state index in [0.717, 1.165) is 31.4 Å². The van der Waals surface area contributed by atoms with Gasteiger partial charge in [0.1, 0.15) is 0 Å². The number of nitrogens with zero attached hydrogens (tertiary/aromatic N) is 1. The summed E-state index contributed by atoms with van der Waals surface area (Å²) in [7, 11) is 0.